The van der Waals surface area contributed by atoms with Gasteiger partial charge in [0, 0.05) is 4.47 Å². The fourth-order valence-corrected chi connectivity index (χ4v) is 4.18. The van der Waals surface area contributed by atoms with Crippen LogP contribution in [0, 0.1) is 0 Å². The summed E-state index contributed by atoms with van der Waals surface area (Å²) < 4.78 is 0.945. The van der Waals surface area contributed by atoms with Crippen molar-refractivity contribution in [2.45, 2.75) is 44.6 Å². The zero-order valence-electron chi connectivity index (χ0n) is 15.1. The van der Waals surface area contributed by atoms with Crippen LogP contribution in [0.5, 0.6) is 0 Å². The molecule has 0 fully saturated rings. The minimum absolute atomic E-state index is 0.0120. The number of aromatic carboxylic acids is 1. The van der Waals surface area contributed by atoms with Crippen LogP contribution >= 0.6 is 15.9 Å². The van der Waals surface area contributed by atoms with E-state index in [0.717, 1.165) is 21.2 Å². The smallest absolute Gasteiger partial charge is 0.335 e. The van der Waals surface area contributed by atoms with E-state index in [1.165, 1.54) is 0 Å². The van der Waals surface area contributed by atoms with Crippen LogP contribution in [0.1, 0.15) is 54.2 Å². The Morgan fingerprint density at radius 1 is 1.12 bits per heavy atom. The molecule has 3 rings (SSSR count). The molecule has 2 aromatic carbocycles. The predicted octanol–water partition coefficient (Wildman–Crippen LogP) is 4.40. The minimum atomic E-state index is -0.951. The van der Waals surface area contributed by atoms with E-state index >= 15 is 0 Å². The highest BCUT2D eigenvalue weighted by molar-refractivity contribution is 9.10. The summed E-state index contributed by atoms with van der Waals surface area (Å²) in [4.78, 5) is 24.3. The van der Waals surface area contributed by atoms with E-state index in [1.807, 2.05) is 32.9 Å². The van der Waals surface area contributed by atoms with Gasteiger partial charge in [-0.15, -0.1) is 0 Å². The standard InChI is InChI=1S/C21H22BrNO3/c1-4-21(12-13-5-7-14(8-6-13)18(24)25)17-11-15(22)9-10-16(17)20(2,3)23-19(21)26/h5-11H,4,12H2,1-3H3,(H,23,26)(H,24,25). The highest BCUT2D eigenvalue weighted by Crippen LogP contribution is 2.43. The first-order chi connectivity index (χ1) is 12.2. The van der Waals surface area contributed by atoms with Crippen LogP contribution in [0.2, 0.25) is 0 Å². The maximum absolute atomic E-state index is 13.2. The van der Waals surface area contributed by atoms with E-state index in [-0.39, 0.29) is 11.5 Å². The third kappa shape index (κ3) is 3.05. The molecule has 2 aromatic rings. The molecule has 0 bridgehead atoms. The van der Waals surface area contributed by atoms with Crippen molar-refractivity contribution in [2.75, 3.05) is 0 Å². The Morgan fingerprint density at radius 2 is 1.77 bits per heavy atom. The van der Waals surface area contributed by atoms with Gasteiger partial charge in [0.05, 0.1) is 16.5 Å². The lowest BCUT2D eigenvalue weighted by Gasteiger charge is -2.45. The molecule has 1 unspecified atom stereocenters. The Kier molecular flexibility index (Phi) is 4.69. The van der Waals surface area contributed by atoms with E-state index in [2.05, 4.69) is 27.3 Å². The number of nitrogens with one attached hydrogen (secondary N) is 1. The van der Waals surface area contributed by atoms with Gasteiger partial charge in [-0.2, -0.15) is 0 Å². The van der Waals surface area contributed by atoms with E-state index in [4.69, 9.17) is 5.11 Å². The first-order valence-corrected chi connectivity index (χ1v) is 9.44. The van der Waals surface area contributed by atoms with Crippen LogP contribution in [-0.4, -0.2) is 17.0 Å². The molecule has 1 amide bonds. The molecule has 0 saturated heterocycles. The Bertz CT molecular complexity index is 873. The van der Waals surface area contributed by atoms with Crippen molar-refractivity contribution in [2.24, 2.45) is 0 Å². The Balaban J connectivity index is 2.11. The Labute approximate surface area is 161 Å². The third-order valence-corrected chi connectivity index (χ3v) is 5.83. The van der Waals surface area contributed by atoms with Gasteiger partial charge in [-0.1, -0.05) is 41.1 Å². The molecule has 0 aliphatic carbocycles. The molecule has 1 aliphatic rings. The molecule has 2 N–H and O–H groups in total. The number of carboxylic acids is 1. The molecular formula is C21H22BrNO3. The van der Waals surface area contributed by atoms with E-state index < -0.39 is 16.9 Å². The summed E-state index contributed by atoms with van der Waals surface area (Å²) in [6, 6.07) is 12.9. The summed E-state index contributed by atoms with van der Waals surface area (Å²) in [7, 11) is 0. The highest BCUT2D eigenvalue weighted by Gasteiger charge is 2.48. The van der Waals surface area contributed by atoms with Crippen LogP contribution in [-0.2, 0) is 22.2 Å². The first-order valence-electron chi connectivity index (χ1n) is 8.65. The van der Waals surface area contributed by atoms with Crippen molar-refractivity contribution < 1.29 is 14.7 Å². The average molecular weight is 416 g/mol. The SMILES string of the molecule is CCC1(Cc2ccc(C(=O)O)cc2)C(=O)NC(C)(C)c2ccc(Br)cc21. The number of hydrogen-bond donors (Lipinski definition) is 2. The van der Waals surface area contributed by atoms with E-state index in [1.54, 1.807) is 24.3 Å². The fraction of sp³-hybridized carbons (Fsp3) is 0.333. The molecule has 26 heavy (non-hydrogen) atoms. The van der Waals surface area contributed by atoms with Gasteiger partial charge in [0.2, 0.25) is 5.91 Å². The highest BCUT2D eigenvalue weighted by atomic mass is 79.9. The largest absolute Gasteiger partial charge is 0.478 e. The summed E-state index contributed by atoms with van der Waals surface area (Å²) in [5.41, 5.74) is 2.22. The zero-order chi connectivity index (χ0) is 19.1. The first kappa shape index (κ1) is 18.6. The second-order valence-electron chi connectivity index (χ2n) is 7.38. The summed E-state index contributed by atoms with van der Waals surface area (Å²) in [5.74, 6) is -0.939. The monoisotopic (exact) mass is 415 g/mol. The molecular weight excluding hydrogens is 394 g/mol. The Morgan fingerprint density at radius 3 is 2.35 bits per heavy atom. The molecule has 0 aromatic heterocycles. The number of hydrogen-bond acceptors (Lipinski definition) is 2. The summed E-state index contributed by atoms with van der Waals surface area (Å²) in [5, 5.41) is 12.3. The molecule has 4 nitrogen and oxygen atoms in total. The molecule has 0 spiro atoms. The molecule has 0 radical (unpaired) electrons. The number of halogens is 1. The lowest BCUT2D eigenvalue weighted by molar-refractivity contribution is -0.130. The molecule has 1 aliphatic heterocycles. The van der Waals surface area contributed by atoms with Gasteiger partial charge in [0.15, 0.2) is 0 Å². The Hall–Kier alpha value is -2.14. The van der Waals surface area contributed by atoms with Crippen LogP contribution in [0.25, 0.3) is 0 Å². The maximum Gasteiger partial charge on any atom is 0.335 e. The number of carbonyl (C=O) groups is 2. The minimum Gasteiger partial charge on any atom is -0.478 e. The third-order valence-electron chi connectivity index (χ3n) is 5.34. The van der Waals surface area contributed by atoms with Gasteiger partial charge >= 0.3 is 5.97 Å². The normalized spacial score (nSPS) is 21.0. The molecule has 1 heterocycles. The van der Waals surface area contributed by atoms with Crippen molar-refractivity contribution in [1.29, 1.82) is 0 Å². The maximum atomic E-state index is 13.2. The lowest BCUT2D eigenvalue weighted by Crippen LogP contribution is -2.57. The van der Waals surface area contributed by atoms with Gasteiger partial charge in [-0.05, 0) is 67.6 Å². The van der Waals surface area contributed by atoms with Gasteiger partial charge in [-0.25, -0.2) is 4.79 Å². The molecule has 5 heteroatoms. The molecule has 136 valence electrons. The van der Waals surface area contributed by atoms with Crippen molar-refractivity contribution in [3.05, 3.63) is 69.2 Å². The van der Waals surface area contributed by atoms with Crippen LogP contribution in [0.3, 0.4) is 0 Å². The van der Waals surface area contributed by atoms with Crippen LogP contribution < -0.4 is 5.32 Å². The van der Waals surface area contributed by atoms with Gasteiger partial charge < -0.3 is 10.4 Å². The van der Waals surface area contributed by atoms with Crippen molar-refractivity contribution >= 4 is 27.8 Å². The van der Waals surface area contributed by atoms with E-state index in [9.17, 15) is 9.59 Å². The van der Waals surface area contributed by atoms with Crippen molar-refractivity contribution in [3.8, 4) is 0 Å². The fourth-order valence-electron chi connectivity index (χ4n) is 3.82. The second kappa shape index (κ2) is 6.54. The summed E-state index contributed by atoms with van der Waals surface area (Å²) >= 11 is 3.54. The average Bonchev–Trinajstić information content (AvgIpc) is 2.58. The summed E-state index contributed by atoms with van der Waals surface area (Å²) in [6.45, 7) is 6.05. The second-order valence-corrected chi connectivity index (χ2v) is 8.30. The number of amides is 1. The molecule has 0 saturated carbocycles. The molecule has 1 atom stereocenters. The van der Waals surface area contributed by atoms with Crippen molar-refractivity contribution in [1.82, 2.24) is 5.32 Å². The number of carboxylic acid groups (broad SMARTS) is 1. The number of rotatable bonds is 4. The van der Waals surface area contributed by atoms with Crippen LogP contribution in [0.4, 0.5) is 0 Å². The topological polar surface area (TPSA) is 66.4 Å². The quantitative estimate of drug-likeness (QED) is 0.777. The van der Waals surface area contributed by atoms with Gasteiger partial charge in [-0.3, -0.25) is 4.79 Å². The lowest BCUT2D eigenvalue weighted by atomic mass is 9.65. The van der Waals surface area contributed by atoms with Crippen molar-refractivity contribution in [3.63, 3.8) is 0 Å². The number of carbonyl (C=O) groups excluding carboxylic acids is 1. The van der Waals surface area contributed by atoms with Crippen LogP contribution in [0.15, 0.2) is 46.9 Å². The summed E-state index contributed by atoms with van der Waals surface area (Å²) in [6.07, 6.45) is 1.17. The van der Waals surface area contributed by atoms with Gasteiger partial charge in [0.1, 0.15) is 0 Å². The zero-order valence-corrected chi connectivity index (χ0v) is 16.7. The number of benzene rings is 2. The number of fused-ring (bicyclic) bond motifs is 1. The van der Waals surface area contributed by atoms with E-state index in [0.29, 0.717) is 12.8 Å². The van der Waals surface area contributed by atoms with Gasteiger partial charge in [0.25, 0.3) is 0 Å². The predicted molar refractivity (Wildman–Crippen MR) is 104 cm³/mol.